The van der Waals surface area contributed by atoms with E-state index in [1.165, 1.54) is 0 Å². The van der Waals surface area contributed by atoms with Crippen molar-refractivity contribution in [3.63, 3.8) is 0 Å². The van der Waals surface area contributed by atoms with Gasteiger partial charge in [-0.15, -0.1) is 0 Å². The number of hydrogen-bond donors (Lipinski definition) is 0. The Bertz CT molecular complexity index is 537. The Kier molecular flexibility index (Phi) is 3.83. The first-order valence-corrected chi connectivity index (χ1v) is 6.24. The van der Waals surface area contributed by atoms with Gasteiger partial charge in [-0.1, -0.05) is 6.07 Å². The van der Waals surface area contributed by atoms with Crippen molar-refractivity contribution in [3.05, 3.63) is 29.8 Å². The van der Waals surface area contributed by atoms with Crippen LogP contribution < -0.4 is 0 Å². The van der Waals surface area contributed by atoms with E-state index in [2.05, 4.69) is 0 Å². The molecule has 17 heavy (non-hydrogen) atoms. The van der Waals surface area contributed by atoms with Crippen LogP contribution in [0.25, 0.3) is 0 Å². The molecule has 8 heteroatoms. The summed E-state index contributed by atoms with van der Waals surface area (Å²) in [5, 5.41) is -1.15. The third kappa shape index (κ3) is 3.71. The van der Waals surface area contributed by atoms with Crippen LogP contribution in [0.4, 0.5) is 13.2 Å². The third-order valence-corrected chi connectivity index (χ3v) is 3.73. The van der Waals surface area contributed by atoms with Crippen LogP contribution >= 0.6 is 11.6 Å². The molecule has 1 aromatic carbocycles. The summed E-state index contributed by atoms with van der Waals surface area (Å²) in [4.78, 5) is 9.90. The molecule has 0 spiro atoms. The minimum absolute atomic E-state index is 0.467. The van der Waals surface area contributed by atoms with Gasteiger partial charge in [0.05, 0.1) is 10.5 Å². The van der Waals surface area contributed by atoms with Gasteiger partial charge in [0.2, 0.25) is 5.24 Å². The van der Waals surface area contributed by atoms with Gasteiger partial charge < -0.3 is 0 Å². The molecule has 0 bridgehead atoms. The fourth-order valence-electron chi connectivity index (χ4n) is 1.10. The predicted octanol–water partition coefficient (Wildman–Crippen LogP) is 2.24. The highest BCUT2D eigenvalue weighted by molar-refractivity contribution is 7.92. The first kappa shape index (κ1) is 14.0. The van der Waals surface area contributed by atoms with Gasteiger partial charge >= 0.3 is 6.18 Å². The highest BCUT2D eigenvalue weighted by atomic mass is 35.5. The van der Waals surface area contributed by atoms with Crippen LogP contribution in [0, 0.1) is 0 Å². The van der Waals surface area contributed by atoms with Gasteiger partial charge in [-0.2, -0.15) is 13.2 Å². The van der Waals surface area contributed by atoms with Crippen molar-refractivity contribution < 1.29 is 26.4 Å². The molecule has 1 rings (SSSR count). The molecule has 0 aliphatic carbocycles. The molecule has 0 saturated carbocycles. The molecule has 0 aromatic heterocycles. The number of benzene rings is 1. The Labute approximate surface area is 100 Å². The highest BCUT2D eigenvalue weighted by Gasteiger charge is 2.31. The summed E-state index contributed by atoms with van der Waals surface area (Å²) in [6.45, 7) is 0. The maximum atomic E-state index is 12.3. The molecule has 0 aliphatic heterocycles. The first-order chi connectivity index (χ1) is 7.63. The smallest absolute Gasteiger partial charge is 0.280 e. The van der Waals surface area contributed by atoms with Gasteiger partial charge in [-0.25, -0.2) is 8.42 Å². The van der Waals surface area contributed by atoms with Gasteiger partial charge in [0, 0.05) is 0 Å². The molecule has 0 amide bonds. The van der Waals surface area contributed by atoms with Crippen molar-refractivity contribution in [2.45, 2.75) is 11.1 Å². The Morgan fingerprint density at radius 2 is 1.88 bits per heavy atom. The van der Waals surface area contributed by atoms with Crippen LogP contribution in [-0.2, 0) is 20.8 Å². The van der Waals surface area contributed by atoms with Crippen molar-refractivity contribution in [1.82, 2.24) is 0 Å². The Morgan fingerprint density at radius 1 is 1.29 bits per heavy atom. The van der Waals surface area contributed by atoms with E-state index < -0.39 is 37.5 Å². The normalized spacial score (nSPS) is 12.5. The van der Waals surface area contributed by atoms with Gasteiger partial charge in [-0.05, 0) is 29.8 Å². The molecule has 0 radical (unpaired) electrons. The fraction of sp³-hybridized carbons (Fsp3) is 0.222. The SMILES string of the molecule is O=C(Cl)CS(=O)(=O)c1cccc(C(F)(F)F)c1. The lowest BCUT2D eigenvalue weighted by Gasteiger charge is -2.08. The van der Waals surface area contributed by atoms with E-state index in [1.807, 2.05) is 0 Å². The quantitative estimate of drug-likeness (QED) is 0.801. The van der Waals surface area contributed by atoms with Gasteiger partial charge in [0.15, 0.2) is 9.84 Å². The van der Waals surface area contributed by atoms with Crippen LogP contribution in [-0.4, -0.2) is 19.4 Å². The number of halogens is 4. The lowest BCUT2D eigenvalue weighted by molar-refractivity contribution is -0.137. The minimum atomic E-state index is -4.64. The third-order valence-electron chi connectivity index (χ3n) is 1.82. The van der Waals surface area contributed by atoms with E-state index in [1.54, 1.807) is 0 Å². The number of alkyl halides is 3. The second kappa shape index (κ2) is 4.66. The molecule has 0 saturated heterocycles. The van der Waals surface area contributed by atoms with Crippen molar-refractivity contribution in [2.75, 3.05) is 5.75 Å². The fourth-order valence-corrected chi connectivity index (χ4v) is 2.59. The summed E-state index contributed by atoms with van der Waals surface area (Å²) in [5.41, 5.74) is -1.10. The van der Waals surface area contributed by atoms with Gasteiger partial charge in [0.1, 0.15) is 5.75 Å². The standard InChI is InChI=1S/C9H6ClF3O3S/c10-8(14)5-17(15,16)7-3-1-2-6(4-7)9(11,12)13/h1-4H,5H2. The molecule has 0 unspecified atom stereocenters. The molecule has 1 aromatic rings. The molecule has 94 valence electrons. The molecule has 0 aliphatic rings. The molecule has 0 atom stereocenters. The lowest BCUT2D eigenvalue weighted by atomic mass is 10.2. The van der Waals surface area contributed by atoms with Crippen LogP contribution in [0.3, 0.4) is 0 Å². The second-order valence-electron chi connectivity index (χ2n) is 3.14. The number of sulfone groups is 1. The van der Waals surface area contributed by atoms with E-state index in [0.29, 0.717) is 6.07 Å². The van der Waals surface area contributed by atoms with Gasteiger partial charge in [-0.3, -0.25) is 4.79 Å². The Morgan fingerprint density at radius 3 is 2.35 bits per heavy atom. The molecular weight excluding hydrogens is 281 g/mol. The largest absolute Gasteiger partial charge is 0.416 e. The van der Waals surface area contributed by atoms with E-state index in [9.17, 15) is 26.4 Å². The maximum Gasteiger partial charge on any atom is 0.416 e. The molecule has 3 nitrogen and oxygen atoms in total. The topological polar surface area (TPSA) is 51.2 Å². The number of rotatable bonds is 3. The number of carbonyl (C=O) groups is 1. The second-order valence-corrected chi connectivity index (χ2v) is 5.55. The summed E-state index contributed by atoms with van der Waals surface area (Å²) in [6, 6.07) is 3.13. The average molecular weight is 287 g/mol. The molecule has 0 heterocycles. The summed E-state index contributed by atoms with van der Waals surface area (Å²) >= 11 is 4.90. The van der Waals surface area contributed by atoms with E-state index in [4.69, 9.17) is 11.6 Å². The van der Waals surface area contributed by atoms with Gasteiger partial charge in [0.25, 0.3) is 0 Å². The van der Waals surface area contributed by atoms with E-state index >= 15 is 0 Å². The van der Waals surface area contributed by atoms with E-state index in [0.717, 1.165) is 18.2 Å². The summed E-state index contributed by atoms with van der Waals surface area (Å²) < 4.78 is 59.9. The van der Waals surface area contributed by atoms with E-state index in [-0.39, 0.29) is 0 Å². The first-order valence-electron chi connectivity index (χ1n) is 4.21. The molecule has 0 fully saturated rings. The van der Waals surface area contributed by atoms with Crippen molar-refractivity contribution in [1.29, 1.82) is 0 Å². The predicted molar refractivity (Wildman–Crippen MR) is 54.4 cm³/mol. The summed E-state index contributed by atoms with van der Waals surface area (Å²) in [5.74, 6) is -1.03. The lowest BCUT2D eigenvalue weighted by Crippen LogP contribution is -2.13. The molecule has 0 N–H and O–H groups in total. The summed E-state index contributed by atoms with van der Waals surface area (Å²) in [6.07, 6.45) is -4.64. The monoisotopic (exact) mass is 286 g/mol. The zero-order valence-corrected chi connectivity index (χ0v) is 9.73. The highest BCUT2D eigenvalue weighted by Crippen LogP contribution is 2.30. The van der Waals surface area contributed by atoms with Crippen molar-refractivity contribution in [2.24, 2.45) is 0 Å². The average Bonchev–Trinajstić information content (AvgIpc) is 2.14. The minimum Gasteiger partial charge on any atom is -0.280 e. The Balaban J connectivity index is 3.21. The number of carbonyl (C=O) groups excluding carboxylic acids is 1. The summed E-state index contributed by atoms with van der Waals surface area (Å²) in [7, 11) is -4.12. The zero-order chi connectivity index (χ0) is 13.3. The number of hydrogen-bond acceptors (Lipinski definition) is 3. The van der Waals surface area contributed by atoms with Crippen molar-refractivity contribution in [3.8, 4) is 0 Å². The van der Waals surface area contributed by atoms with Crippen LogP contribution in [0.1, 0.15) is 5.56 Å². The Hall–Kier alpha value is -1.08. The zero-order valence-electron chi connectivity index (χ0n) is 8.16. The van der Waals surface area contributed by atoms with Crippen LogP contribution in [0.15, 0.2) is 29.2 Å². The maximum absolute atomic E-state index is 12.3. The molecular formula is C9H6ClF3O3S. The van der Waals surface area contributed by atoms with Crippen LogP contribution in [0.5, 0.6) is 0 Å². The van der Waals surface area contributed by atoms with Crippen LogP contribution in [0.2, 0.25) is 0 Å². The van der Waals surface area contributed by atoms with Crippen molar-refractivity contribution >= 4 is 26.7 Å².